The van der Waals surface area contributed by atoms with Crippen LogP contribution in [0.4, 0.5) is 0 Å². The van der Waals surface area contributed by atoms with Crippen molar-refractivity contribution >= 4 is 10.1 Å². The molecule has 15 heavy (non-hydrogen) atoms. The van der Waals surface area contributed by atoms with Gasteiger partial charge >= 0.3 is 0 Å². The lowest BCUT2D eigenvalue weighted by Gasteiger charge is -1.96. The number of rotatable bonds is 1. The van der Waals surface area contributed by atoms with E-state index in [2.05, 4.69) is 0 Å². The summed E-state index contributed by atoms with van der Waals surface area (Å²) in [5.41, 5.74) is 1.33. The molecular formula is C10H11NO3S. The molecule has 0 atom stereocenters. The predicted octanol–water partition coefficient (Wildman–Crippen LogP) is 2.20. The van der Waals surface area contributed by atoms with Gasteiger partial charge in [0.15, 0.2) is 0 Å². The van der Waals surface area contributed by atoms with E-state index in [0.29, 0.717) is 5.56 Å². The van der Waals surface area contributed by atoms with Crippen molar-refractivity contribution in [2.45, 2.75) is 4.90 Å². The summed E-state index contributed by atoms with van der Waals surface area (Å²) in [6.45, 7) is 0. The van der Waals surface area contributed by atoms with Crippen molar-refractivity contribution in [1.82, 2.24) is 6.15 Å². The molecule has 0 radical (unpaired) electrons. The third-order valence-electron chi connectivity index (χ3n) is 2.03. The van der Waals surface area contributed by atoms with Gasteiger partial charge in [-0.05, 0) is 11.6 Å². The van der Waals surface area contributed by atoms with Crippen LogP contribution in [0.3, 0.4) is 0 Å². The van der Waals surface area contributed by atoms with Crippen LogP contribution in [0.15, 0.2) is 47.4 Å². The fraction of sp³-hybridized carbons (Fsp3) is 0. The van der Waals surface area contributed by atoms with Crippen LogP contribution in [0.1, 0.15) is 0 Å². The Morgan fingerprint density at radius 1 is 0.933 bits per heavy atom. The molecule has 0 fully saturated rings. The van der Waals surface area contributed by atoms with E-state index in [1.54, 1.807) is 30.3 Å². The molecule has 0 aliphatic heterocycles. The topological polar surface area (TPSA) is 89.4 Å². The normalized spacial score (nSPS) is 11.0. The van der Waals surface area contributed by atoms with Gasteiger partial charge in [0.2, 0.25) is 0 Å². The number of hydrogen-bond donors (Lipinski definition) is 2. The van der Waals surface area contributed by atoms with E-state index in [1.807, 2.05) is 6.07 Å². The molecule has 80 valence electrons. The van der Waals surface area contributed by atoms with E-state index < -0.39 is 10.1 Å². The second kappa shape index (κ2) is 3.98. The van der Waals surface area contributed by atoms with Crippen LogP contribution >= 0.6 is 0 Å². The summed E-state index contributed by atoms with van der Waals surface area (Å²) < 4.78 is 30.9. The summed E-state index contributed by atoms with van der Waals surface area (Å²) in [4.78, 5) is -0.0382. The summed E-state index contributed by atoms with van der Waals surface area (Å²) in [6.07, 6.45) is 0. The lowest BCUT2D eigenvalue weighted by atomic mass is 10.2. The largest absolute Gasteiger partial charge is 0.344 e. The molecule has 4 nitrogen and oxygen atoms in total. The maximum Gasteiger partial charge on any atom is 0.295 e. The lowest BCUT2D eigenvalue weighted by molar-refractivity contribution is 0.484. The Bertz CT molecular complexity index is 536. The molecule has 0 spiro atoms. The van der Waals surface area contributed by atoms with Gasteiger partial charge in [-0.2, -0.15) is 8.42 Å². The van der Waals surface area contributed by atoms with Crippen LogP contribution < -0.4 is 6.15 Å². The van der Waals surface area contributed by atoms with Crippen molar-refractivity contribution < 1.29 is 13.0 Å². The molecule has 0 heterocycles. The van der Waals surface area contributed by atoms with Crippen LogP contribution in [-0.4, -0.2) is 13.0 Å². The van der Waals surface area contributed by atoms with Gasteiger partial charge in [0.1, 0.15) is 4.90 Å². The molecular weight excluding hydrogens is 214 g/mol. The maximum atomic E-state index is 11.0. The zero-order chi connectivity index (χ0) is 10.2. The quantitative estimate of drug-likeness (QED) is 0.728. The Labute approximate surface area is 88.2 Å². The van der Waals surface area contributed by atoms with Crippen LogP contribution in [0, 0.1) is 0 Å². The second-order valence-corrected chi connectivity index (χ2v) is 4.34. The summed E-state index contributed by atoms with van der Waals surface area (Å²) in [6, 6.07) is 11.9. The van der Waals surface area contributed by atoms with Gasteiger partial charge < -0.3 is 6.15 Å². The highest BCUT2D eigenvalue weighted by Crippen LogP contribution is 2.29. The molecule has 0 bridgehead atoms. The maximum absolute atomic E-state index is 11.0. The van der Waals surface area contributed by atoms with Gasteiger partial charge in [0.25, 0.3) is 10.1 Å². The lowest BCUT2D eigenvalue weighted by Crippen LogP contribution is -1.96. The van der Waals surface area contributed by atoms with Gasteiger partial charge in [-0.15, -0.1) is 0 Å². The molecule has 2 rings (SSSR count). The van der Waals surface area contributed by atoms with E-state index in [4.69, 9.17) is 4.55 Å². The summed E-state index contributed by atoms with van der Waals surface area (Å²) in [5.74, 6) is 0. The Morgan fingerprint density at radius 3 is 2.27 bits per heavy atom. The summed E-state index contributed by atoms with van der Waals surface area (Å²) in [7, 11) is -4.12. The van der Waals surface area contributed by atoms with Crippen LogP contribution in [0.5, 0.6) is 0 Å². The van der Waals surface area contributed by atoms with E-state index in [9.17, 15) is 8.42 Å². The Hall–Kier alpha value is -1.43. The Morgan fingerprint density at radius 2 is 1.60 bits per heavy atom. The molecule has 0 saturated heterocycles. The summed E-state index contributed by atoms with van der Waals surface area (Å²) in [5, 5.41) is 0. The standard InChI is InChI=1S/C10H8O3S.H3N/c11-14(12,13)10-7-6-8-4-2-1-3-5-9(8)10;/h1-7H,(H,11,12,13);1H3. The second-order valence-electron chi connectivity index (χ2n) is 2.95. The Balaban J connectivity index is 0.00000112. The first-order valence-corrected chi connectivity index (χ1v) is 5.48. The molecule has 0 unspecified atom stereocenters. The molecule has 0 aromatic heterocycles. The zero-order valence-electron chi connectivity index (χ0n) is 7.92. The number of hydrogen-bond acceptors (Lipinski definition) is 3. The van der Waals surface area contributed by atoms with Crippen molar-refractivity contribution in [2.75, 3.05) is 0 Å². The minimum atomic E-state index is -4.12. The average molecular weight is 225 g/mol. The fourth-order valence-electron chi connectivity index (χ4n) is 1.41. The average Bonchev–Trinajstić information content (AvgIpc) is 2.36. The summed E-state index contributed by atoms with van der Waals surface area (Å²) >= 11 is 0. The molecule has 0 aromatic rings. The van der Waals surface area contributed by atoms with Crippen LogP contribution in [0.25, 0.3) is 11.1 Å². The van der Waals surface area contributed by atoms with E-state index >= 15 is 0 Å². The molecule has 0 saturated carbocycles. The molecule has 2 aliphatic carbocycles. The van der Waals surface area contributed by atoms with Gasteiger partial charge in [-0.25, -0.2) is 0 Å². The highest BCUT2D eigenvalue weighted by Gasteiger charge is 2.17. The van der Waals surface area contributed by atoms with E-state index in [0.717, 1.165) is 5.56 Å². The third kappa shape index (κ3) is 2.15. The Kier molecular flexibility index (Phi) is 3.09. The van der Waals surface area contributed by atoms with Crippen LogP contribution in [0.2, 0.25) is 0 Å². The first-order valence-electron chi connectivity index (χ1n) is 4.04. The fourth-order valence-corrected chi connectivity index (χ4v) is 2.11. The molecule has 0 aromatic carbocycles. The molecule has 0 amide bonds. The zero-order valence-corrected chi connectivity index (χ0v) is 8.74. The van der Waals surface area contributed by atoms with Gasteiger partial charge in [0, 0.05) is 5.56 Å². The smallest absolute Gasteiger partial charge is 0.295 e. The minimum Gasteiger partial charge on any atom is -0.344 e. The third-order valence-corrected chi connectivity index (χ3v) is 2.94. The van der Waals surface area contributed by atoms with E-state index in [1.165, 1.54) is 6.07 Å². The number of fused-ring (bicyclic) bond motifs is 1. The van der Waals surface area contributed by atoms with Crippen molar-refractivity contribution in [2.24, 2.45) is 0 Å². The van der Waals surface area contributed by atoms with Crippen molar-refractivity contribution in [3.63, 3.8) is 0 Å². The predicted molar refractivity (Wildman–Crippen MR) is 57.9 cm³/mol. The minimum absolute atomic E-state index is 0. The van der Waals surface area contributed by atoms with Gasteiger partial charge in [0.05, 0.1) is 0 Å². The van der Waals surface area contributed by atoms with Crippen molar-refractivity contribution in [3.05, 3.63) is 42.5 Å². The van der Waals surface area contributed by atoms with Gasteiger partial charge in [-0.3, -0.25) is 4.55 Å². The molecule has 2 aliphatic rings. The first-order chi connectivity index (χ1) is 6.59. The molecule has 5 heteroatoms. The monoisotopic (exact) mass is 225 g/mol. The highest BCUT2D eigenvalue weighted by molar-refractivity contribution is 7.86. The van der Waals surface area contributed by atoms with E-state index in [-0.39, 0.29) is 11.0 Å². The SMILES string of the molecule is N.O=S(=O)(O)c1ccc2cccccc1-2. The van der Waals surface area contributed by atoms with Crippen LogP contribution in [-0.2, 0) is 10.1 Å². The first kappa shape index (κ1) is 11.6. The van der Waals surface area contributed by atoms with Gasteiger partial charge in [-0.1, -0.05) is 36.4 Å². The van der Waals surface area contributed by atoms with Crippen molar-refractivity contribution in [3.8, 4) is 11.1 Å². The highest BCUT2D eigenvalue weighted by atomic mass is 32.2. The van der Waals surface area contributed by atoms with Crippen molar-refractivity contribution in [1.29, 1.82) is 0 Å². The molecule has 4 N–H and O–H groups in total.